The Hall–Kier alpha value is -3.52. The summed E-state index contributed by atoms with van der Waals surface area (Å²) in [5, 5.41) is 0. The van der Waals surface area contributed by atoms with Crippen molar-refractivity contribution in [3.8, 4) is 39.5 Å². The molecule has 0 spiro atoms. The molecule has 0 unspecified atom stereocenters. The van der Waals surface area contributed by atoms with Crippen molar-refractivity contribution in [1.29, 1.82) is 0 Å². The second kappa shape index (κ2) is 8.01. The van der Waals surface area contributed by atoms with Crippen LogP contribution in [0.2, 0.25) is 0 Å². The molecule has 0 aliphatic heterocycles. The van der Waals surface area contributed by atoms with Gasteiger partial charge in [-0.15, -0.1) is 0 Å². The lowest BCUT2D eigenvalue weighted by Crippen LogP contribution is -1.87. The Morgan fingerprint density at radius 3 is 1.64 bits per heavy atom. The quantitative estimate of drug-likeness (QED) is 0.374. The fourth-order valence-electron chi connectivity index (χ4n) is 3.14. The van der Waals surface area contributed by atoms with E-state index in [4.69, 9.17) is 9.47 Å². The van der Waals surface area contributed by atoms with E-state index in [1.807, 2.05) is 48.5 Å². The van der Waals surface area contributed by atoms with Crippen molar-refractivity contribution in [2.75, 3.05) is 7.11 Å². The minimum absolute atomic E-state index is 0.809. The van der Waals surface area contributed by atoms with Crippen molar-refractivity contribution < 1.29 is 9.47 Å². The Kier molecular flexibility index (Phi) is 5.11. The van der Waals surface area contributed by atoms with E-state index in [0.717, 1.165) is 28.4 Å². The molecule has 0 fully saturated rings. The number of methoxy groups -OCH3 is 1. The zero-order valence-corrected chi connectivity index (χ0v) is 16.1. The number of hydrogen-bond acceptors (Lipinski definition) is 2. The molecule has 138 valence electrons. The van der Waals surface area contributed by atoms with E-state index in [9.17, 15) is 0 Å². The molecule has 28 heavy (non-hydrogen) atoms. The van der Waals surface area contributed by atoms with Crippen LogP contribution >= 0.6 is 0 Å². The van der Waals surface area contributed by atoms with Gasteiger partial charge in [0, 0.05) is 0 Å². The van der Waals surface area contributed by atoms with Crippen LogP contribution in [0.4, 0.5) is 0 Å². The van der Waals surface area contributed by atoms with E-state index in [1.165, 1.54) is 16.7 Å². The fraction of sp³-hybridized carbons (Fsp3) is 0.0769. The Bertz CT molecular complexity index is 1060. The van der Waals surface area contributed by atoms with Gasteiger partial charge in [-0.25, -0.2) is 0 Å². The molecule has 0 aromatic heterocycles. The van der Waals surface area contributed by atoms with Gasteiger partial charge >= 0.3 is 0 Å². The van der Waals surface area contributed by atoms with Gasteiger partial charge < -0.3 is 9.47 Å². The van der Waals surface area contributed by atoms with Gasteiger partial charge in [-0.1, -0.05) is 66.2 Å². The van der Waals surface area contributed by atoms with Crippen molar-refractivity contribution in [1.82, 2.24) is 0 Å². The third-order valence-corrected chi connectivity index (χ3v) is 4.71. The minimum atomic E-state index is 0.809. The fourth-order valence-corrected chi connectivity index (χ4v) is 3.14. The van der Waals surface area contributed by atoms with Crippen LogP contribution in [-0.2, 0) is 0 Å². The number of aryl methyl sites for hydroxylation is 1. The molecule has 0 bridgehead atoms. The van der Waals surface area contributed by atoms with Gasteiger partial charge in [0.05, 0.1) is 7.11 Å². The topological polar surface area (TPSA) is 18.5 Å². The van der Waals surface area contributed by atoms with Crippen LogP contribution in [0.25, 0.3) is 22.3 Å². The predicted molar refractivity (Wildman–Crippen MR) is 115 cm³/mol. The monoisotopic (exact) mass is 366 g/mol. The summed E-state index contributed by atoms with van der Waals surface area (Å²) in [6.45, 7) is 2.10. The highest BCUT2D eigenvalue weighted by atomic mass is 16.5. The van der Waals surface area contributed by atoms with E-state index in [-0.39, 0.29) is 0 Å². The highest BCUT2D eigenvalue weighted by molar-refractivity contribution is 5.67. The molecule has 4 aromatic carbocycles. The normalized spacial score (nSPS) is 10.5. The molecule has 0 N–H and O–H groups in total. The SMILES string of the molecule is COc1cccc(-c2cccc(Oc3ccc(-c4ccc(C)cc4)cc3)c2)c1. The summed E-state index contributed by atoms with van der Waals surface area (Å²) >= 11 is 0. The first-order valence-electron chi connectivity index (χ1n) is 9.31. The summed E-state index contributed by atoms with van der Waals surface area (Å²) in [6.07, 6.45) is 0. The van der Waals surface area contributed by atoms with E-state index < -0.39 is 0 Å². The molecule has 4 aromatic rings. The lowest BCUT2D eigenvalue weighted by atomic mass is 10.0. The van der Waals surface area contributed by atoms with Gasteiger partial charge in [0.2, 0.25) is 0 Å². The van der Waals surface area contributed by atoms with Crippen molar-refractivity contribution in [3.63, 3.8) is 0 Å². The second-order valence-corrected chi connectivity index (χ2v) is 6.75. The molecule has 2 nitrogen and oxygen atoms in total. The van der Waals surface area contributed by atoms with E-state index >= 15 is 0 Å². The maximum absolute atomic E-state index is 6.08. The molecule has 4 rings (SSSR count). The van der Waals surface area contributed by atoms with Crippen molar-refractivity contribution in [2.45, 2.75) is 6.92 Å². The number of ether oxygens (including phenoxy) is 2. The van der Waals surface area contributed by atoms with E-state index in [1.54, 1.807) is 7.11 Å². The smallest absolute Gasteiger partial charge is 0.128 e. The Balaban J connectivity index is 1.53. The Morgan fingerprint density at radius 1 is 0.500 bits per heavy atom. The minimum Gasteiger partial charge on any atom is -0.497 e. The zero-order valence-electron chi connectivity index (χ0n) is 16.1. The summed E-state index contributed by atoms with van der Waals surface area (Å²) in [5.74, 6) is 2.47. The highest BCUT2D eigenvalue weighted by Crippen LogP contribution is 2.30. The molecular formula is C26H22O2. The summed E-state index contributed by atoms with van der Waals surface area (Å²) in [4.78, 5) is 0. The molecule has 0 aliphatic rings. The summed E-state index contributed by atoms with van der Waals surface area (Å²) in [6, 6.07) is 32.9. The maximum Gasteiger partial charge on any atom is 0.128 e. The van der Waals surface area contributed by atoms with Crippen LogP contribution in [0.3, 0.4) is 0 Å². The first-order chi connectivity index (χ1) is 13.7. The van der Waals surface area contributed by atoms with Crippen molar-refractivity contribution in [2.24, 2.45) is 0 Å². The molecule has 0 radical (unpaired) electrons. The van der Waals surface area contributed by atoms with E-state index in [0.29, 0.717) is 0 Å². The zero-order chi connectivity index (χ0) is 19.3. The molecule has 0 aliphatic carbocycles. The first-order valence-corrected chi connectivity index (χ1v) is 9.31. The third-order valence-electron chi connectivity index (χ3n) is 4.71. The van der Waals surface area contributed by atoms with Gasteiger partial charge in [0.1, 0.15) is 17.2 Å². The molecule has 0 saturated carbocycles. The third kappa shape index (κ3) is 4.07. The Morgan fingerprint density at radius 2 is 1.04 bits per heavy atom. The van der Waals surface area contributed by atoms with Crippen molar-refractivity contribution >= 4 is 0 Å². The standard InChI is InChI=1S/C26H22O2/c1-19-9-11-20(12-10-19)21-13-15-24(16-14-21)28-26-8-4-6-23(18-26)22-5-3-7-25(17-22)27-2/h3-18H,1-2H3. The number of rotatable bonds is 5. The number of benzene rings is 4. The van der Waals surface area contributed by atoms with Gasteiger partial charge in [-0.05, 0) is 65.6 Å². The van der Waals surface area contributed by atoms with Gasteiger partial charge in [0.15, 0.2) is 0 Å². The summed E-state index contributed by atoms with van der Waals surface area (Å²) < 4.78 is 11.4. The summed E-state index contributed by atoms with van der Waals surface area (Å²) in [7, 11) is 1.68. The van der Waals surface area contributed by atoms with E-state index in [2.05, 4.69) is 55.5 Å². The average molecular weight is 366 g/mol. The maximum atomic E-state index is 6.08. The van der Waals surface area contributed by atoms with Crippen LogP contribution in [-0.4, -0.2) is 7.11 Å². The van der Waals surface area contributed by atoms with Crippen LogP contribution in [0, 0.1) is 6.92 Å². The molecule has 0 amide bonds. The lowest BCUT2D eigenvalue weighted by molar-refractivity contribution is 0.415. The molecule has 0 saturated heterocycles. The number of hydrogen-bond donors (Lipinski definition) is 0. The molecular weight excluding hydrogens is 344 g/mol. The lowest BCUT2D eigenvalue weighted by Gasteiger charge is -2.10. The molecule has 0 heterocycles. The van der Waals surface area contributed by atoms with Crippen LogP contribution in [0.15, 0.2) is 97.1 Å². The molecule has 0 atom stereocenters. The largest absolute Gasteiger partial charge is 0.497 e. The second-order valence-electron chi connectivity index (χ2n) is 6.75. The first kappa shape index (κ1) is 17.9. The van der Waals surface area contributed by atoms with Gasteiger partial charge in [0.25, 0.3) is 0 Å². The average Bonchev–Trinajstić information content (AvgIpc) is 2.75. The molecule has 2 heteroatoms. The van der Waals surface area contributed by atoms with Crippen LogP contribution < -0.4 is 9.47 Å². The summed E-state index contributed by atoms with van der Waals surface area (Å²) in [5.41, 5.74) is 5.83. The van der Waals surface area contributed by atoms with Gasteiger partial charge in [-0.2, -0.15) is 0 Å². The van der Waals surface area contributed by atoms with Crippen LogP contribution in [0.1, 0.15) is 5.56 Å². The highest BCUT2D eigenvalue weighted by Gasteiger charge is 2.04. The van der Waals surface area contributed by atoms with Crippen molar-refractivity contribution in [3.05, 3.63) is 103 Å². The predicted octanol–water partition coefficient (Wildman–Crippen LogP) is 7.13. The van der Waals surface area contributed by atoms with Gasteiger partial charge in [-0.3, -0.25) is 0 Å². The van der Waals surface area contributed by atoms with Crippen LogP contribution in [0.5, 0.6) is 17.2 Å². The Labute approximate surface area is 166 Å².